The molecular weight excluding hydrogens is 352 g/mol. The number of sulfonamides is 1. The van der Waals surface area contributed by atoms with E-state index >= 15 is 0 Å². The number of fused-ring (bicyclic) bond motifs is 1. The molecule has 1 aliphatic rings. The predicted octanol–water partition coefficient (Wildman–Crippen LogP) is 2.64. The van der Waals surface area contributed by atoms with E-state index in [4.69, 9.17) is 5.11 Å². The number of benzene rings is 2. The molecule has 0 aromatic heterocycles. The molecule has 0 fully saturated rings. The third-order valence-electron chi connectivity index (χ3n) is 3.86. The minimum Gasteiger partial charge on any atom is -0.481 e. The van der Waals surface area contributed by atoms with Crippen LogP contribution in [0.2, 0.25) is 0 Å². The van der Waals surface area contributed by atoms with Crippen molar-refractivity contribution >= 4 is 22.1 Å². The Morgan fingerprint density at radius 3 is 2.44 bits per heavy atom. The van der Waals surface area contributed by atoms with Crippen LogP contribution in [0.15, 0.2) is 47.4 Å². The summed E-state index contributed by atoms with van der Waals surface area (Å²) in [5, 5.41) is 8.91. The van der Waals surface area contributed by atoms with Crippen molar-refractivity contribution in [3.63, 3.8) is 0 Å². The SMILES string of the molecule is O=C(O)Cc1c(F)ccc2c1C=CC2NS(=O)(=O)c1ccc(F)cc1. The van der Waals surface area contributed by atoms with Crippen LogP contribution < -0.4 is 4.72 Å². The number of hydrogen-bond donors (Lipinski definition) is 2. The normalized spacial score (nSPS) is 16.0. The Kier molecular flexibility index (Phi) is 4.40. The largest absolute Gasteiger partial charge is 0.481 e. The Balaban J connectivity index is 1.92. The first-order chi connectivity index (χ1) is 11.8. The molecular formula is C17H13F2NO4S. The van der Waals surface area contributed by atoms with Crippen LogP contribution in [0, 0.1) is 11.6 Å². The predicted molar refractivity (Wildman–Crippen MR) is 86.2 cm³/mol. The van der Waals surface area contributed by atoms with Gasteiger partial charge in [-0.1, -0.05) is 18.2 Å². The van der Waals surface area contributed by atoms with E-state index in [-0.39, 0.29) is 10.5 Å². The Morgan fingerprint density at radius 2 is 1.80 bits per heavy atom. The van der Waals surface area contributed by atoms with Gasteiger partial charge in [0.1, 0.15) is 11.6 Å². The molecule has 130 valence electrons. The number of rotatable bonds is 5. The van der Waals surface area contributed by atoms with Crippen LogP contribution in [0.3, 0.4) is 0 Å². The minimum atomic E-state index is -3.93. The van der Waals surface area contributed by atoms with Gasteiger partial charge in [0, 0.05) is 5.56 Å². The Hall–Kier alpha value is -2.58. The maximum atomic E-state index is 13.9. The van der Waals surface area contributed by atoms with Crippen LogP contribution in [0.25, 0.3) is 6.08 Å². The van der Waals surface area contributed by atoms with E-state index < -0.39 is 40.1 Å². The number of aliphatic carboxylic acids is 1. The molecule has 8 heteroatoms. The highest BCUT2D eigenvalue weighted by Gasteiger charge is 2.27. The van der Waals surface area contributed by atoms with Crippen LogP contribution in [-0.4, -0.2) is 19.5 Å². The van der Waals surface area contributed by atoms with E-state index in [0.717, 1.165) is 30.3 Å². The van der Waals surface area contributed by atoms with Crippen molar-refractivity contribution in [2.24, 2.45) is 0 Å². The summed E-state index contributed by atoms with van der Waals surface area (Å²) in [7, 11) is -3.93. The summed E-state index contributed by atoms with van der Waals surface area (Å²) in [6, 6.07) is 6.10. The van der Waals surface area contributed by atoms with E-state index in [0.29, 0.717) is 11.1 Å². The van der Waals surface area contributed by atoms with Crippen molar-refractivity contribution in [3.8, 4) is 0 Å². The zero-order valence-corrected chi connectivity index (χ0v) is 13.6. The summed E-state index contributed by atoms with van der Waals surface area (Å²) in [6.07, 6.45) is 2.50. The van der Waals surface area contributed by atoms with Crippen LogP contribution in [0.5, 0.6) is 0 Å². The summed E-state index contributed by atoms with van der Waals surface area (Å²) >= 11 is 0. The van der Waals surface area contributed by atoms with Crippen LogP contribution in [-0.2, 0) is 21.2 Å². The first-order valence-electron chi connectivity index (χ1n) is 7.27. The molecule has 1 unspecified atom stereocenters. The second kappa shape index (κ2) is 6.38. The molecule has 0 bridgehead atoms. The van der Waals surface area contributed by atoms with E-state index in [1.807, 2.05) is 0 Å². The van der Waals surface area contributed by atoms with Gasteiger partial charge in [-0.2, -0.15) is 4.72 Å². The van der Waals surface area contributed by atoms with Crippen LogP contribution in [0.4, 0.5) is 8.78 Å². The van der Waals surface area contributed by atoms with Crippen molar-refractivity contribution in [3.05, 3.63) is 70.8 Å². The van der Waals surface area contributed by atoms with Gasteiger partial charge in [-0.25, -0.2) is 17.2 Å². The van der Waals surface area contributed by atoms with Crippen molar-refractivity contribution in [2.75, 3.05) is 0 Å². The molecule has 0 spiro atoms. The van der Waals surface area contributed by atoms with Gasteiger partial charge >= 0.3 is 5.97 Å². The second-order valence-corrected chi connectivity index (χ2v) is 7.23. The molecule has 0 amide bonds. The standard InChI is InChI=1S/C17H13F2NO4S/c18-10-1-3-11(4-2-10)25(23,24)20-16-8-6-12-13(16)5-7-15(19)14(12)9-17(21)22/h1-8,16,20H,9H2,(H,21,22). The summed E-state index contributed by atoms with van der Waals surface area (Å²) in [5.41, 5.74) is 0.822. The topological polar surface area (TPSA) is 83.5 Å². The highest BCUT2D eigenvalue weighted by Crippen LogP contribution is 2.33. The number of halogens is 2. The molecule has 0 saturated heterocycles. The number of carbonyl (C=O) groups is 1. The van der Waals surface area contributed by atoms with Gasteiger partial charge in [0.2, 0.25) is 10.0 Å². The van der Waals surface area contributed by atoms with Gasteiger partial charge in [0.25, 0.3) is 0 Å². The summed E-state index contributed by atoms with van der Waals surface area (Å²) in [5.74, 6) is -2.40. The molecule has 0 aliphatic heterocycles. The zero-order chi connectivity index (χ0) is 18.2. The molecule has 1 atom stereocenters. The van der Waals surface area contributed by atoms with Crippen molar-refractivity contribution < 1.29 is 27.1 Å². The van der Waals surface area contributed by atoms with Gasteiger partial charge in [0.05, 0.1) is 17.4 Å². The molecule has 0 saturated carbocycles. The molecule has 3 rings (SSSR count). The van der Waals surface area contributed by atoms with E-state index in [1.165, 1.54) is 18.2 Å². The first kappa shape index (κ1) is 17.2. The fourth-order valence-corrected chi connectivity index (χ4v) is 3.87. The lowest BCUT2D eigenvalue weighted by Crippen LogP contribution is -2.27. The van der Waals surface area contributed by atoms with E-state index in [2.05, 4.69) is 4.72 Å². The maximum absolute atomic E-state index is 13.9. The molecule has 0 heterocycles. The molecule has 25 heavy (non-hydrogen) atoms. The number of nitrogens with one attached hydrogen (secondary N) is 1. The Labute approximate surface area is 142 Å². The smallest absolute Gasteiger partial charge is 0.307 e. The fourth-order valence-electron chi connectivity index (χ4n) is 2.70. The van der Waals surface area contributed by atoms with Crippen molar-refractivity contribution in [1.29, 1.82) is 0 Å². The summed E-state index contributed by atoms with van der Waals surface area (Å²) in [4.78, 5) is 10.8. The lowest BCUT2D eigenvalue weighted by atomic mass is 9.99. The highest BCUT2D eigenvalue weighted by atomic mass is 32.2. The Bertz CT molecular complexity index is 969. The number of carboxylic acid groups (broad SMARTS) is 1. The maximum Gasteiger partial charge on any atom is 0.307 e. The highest BCUT2D eigenvalue weighted by molar-refractivity contribution is 7.89. The lowest BCUT2D eigenvalue weighted by Gasteiger charge is -2.15. The third-order valence-corrected chi connectivity index (χ3v) is 5.32. The van der Waals surface area contributed by atoms with Crippen molar-refractivity contribution in [1.82, 2.24) is 4.72 Å². The molecule has 2 N–H and O–H groups in total. The van der Waals surface area contributed by atoms with Crippen LogP contribution >= 0.6 is 0 Å². The van der Waals surface area contributed by atoms with E-state index in [1.54, 1.807) is 0 Å². The fraction of sp³-hybridized carbons (Fsp3) is 0.118. The third kappa shape index (κ3) is 3.45. The molecule has 1 aliphatic carbocycles. The van der Waals surface area contributed by atoms with Gasteiger partial charge in [-0.3, -0.25) is 4.79 Å². The Morgan fingerprint density at radius 1 is 1.12 bits per heavy atom. The first-order valence-corrected chi connectivity index (χ1v) is 8.75. The molecule has 0 radical (unpaired) electrons. The quantitative estimate of drug-likeness (QED) is 0.853. The van der Waals surface area contributed by atoms with Gasteiger partial charge < -0.3 is 5.11 Å². The molecule has 2 aromatic carbocycles. The number of carboxylic acids is 1. The summed E-state index contributed by atoms with van der Waals surface area (Å²) < 4.78 is 54.1. The monoisotopic (exact) mass is 365 g/mol. The average Bonchev–Trinajstić information content (AvgIpc) is 2.93. The van der Waals surface area contributed by atoms with Crippen LogP contribution in [0.1, 0.15) is 22.7 Å². The minimum absolute atomic E-state index is 0.00438. The summed E-state index contributed by atoms with van der Waals surface area (Å²) in [6.45, 7) is 0. The average molecular weight is 365 g/mol. The molecule has 2 aromatic rings. The zero-order valence-electron chi connectivity index (χ0n) is 12.7. The van der Waals surface area contributed by atoms with Gasteiger partial charge in [-0.15, -0.1) is 0 Å². The van der Waals surface area contributed by atoms with Crippen molar-refractivity contribution in [2.45, 2.75) is 17.4 Å². The van der Waals surface area contributed by atoms with E-state index in [9.17, 15) is 22.0 Å². The second-order valence-electron chi connectivity index (χ2n) is 5.51. The number of hydrogen-bond acceptors (Lipinski definition) is 3. The van der Waals surface area contributed by atoms with Gasteiger partial charge in [-0.05, 0) is 41.5 Å². The van der Waals surface area contributed by atoms with Gasteiger partial charge in [0.15, 0.2) is 0 Å². The lowest BCUT2D eigenvalue weighted by molar-refractivity contribution is -0.136. The molecule has 5 nitrogen and oxygen atoms in total.